The number of rotatable bonds is 8. The van der Waals surface area contributed by atoms with Crippen LogP contribution in [0.15, 0.2) is 240 Å². The van der Waals surface area contributed by atoms with Crippen molar-refractivity contribution in [2.75, 3.05) is 9.80 Å². The lowest BCUT2D eigenvalue weighted by atomic mass is 10.0. The maximum absolute atomic E-state index is 5.39. The maximum atomic E-state index is 5.39. The van der Waals surface area contributed by atoms with Crippen LogP contribution in [0.4, 0.5) is 34.3 Å². The van der Waals surface area contributed by atoms with E-state index in [1.807, 2.05) is 23.9 Å². The van der Waals surface area contributed by atoms with E-state index < -0.39 is 0 Å². The van der Waals surface area contributed by atoms with Crippen LogP contribution < -0.4 is 9.80 Å². The predicted octanol–water partition coefficient (Wildman–Crippen LogP) is 15.7. The Balaban J connectivity index is 1.05. The quantitative estimate of drug-likeness (QED) is 0.153. The van der Waals surface area contributed by atoms with E-state index in [0.717, 1.165) is 61.8 Å². The Hall–Kier alpha value is -7.73. The standard InChI is InChI=1S/C56H38N4S/c1-4-15-39(16-5-1)41-27-29-43(30-28-41)56-57-50(42-18-6-2-7-19-42)38-55(58-56)59(49-33-31-40-17-10-11-20-44(40)35-49)48-24-14-21-45(36-48)46-32-34-52-54(37-46)61-53-26-13-12-25-51(53)60(52)47-22-8-3-9-23-47/h1-38H. The lowest BCUT2D eigenvalue weighted by Gasteiger charge is -2.33. The Kier molecular flexibility index (Phi) is 9.41. The average Bonchev–Trinajstić information content (AvgIpc) is 3.34. The van der Waals surface area contributed by atoms with Crippen LogP contribution >= 0.6 is 11.8 Å². The first-order valence-electron chi connectivity index (χ1n) is 20.5. The van der Waals surface area contributed by atoms with Crippen molar-refractivity contribution in [3.05, 3.63) is 231 Å². The number of hydrogen-bond donors (Lipinski definition) is 0. The molecule has 0 saturated heterocycles. The lowest BCUT2D eigenvalue weighted by Crippen LogP contribution is -2.14. The smallest absolute Gasteiger partial charge is 0.162 e. The van der Waals surface area contributed by atoms with Gasteiger partial charge in [-0.1, -0.05) is 176 Å². The van der Waals surface area contributed by atoms with Gasteiger partial charge in [0.1, 0.15) is 5.82 Å². The van der Waals surface area contributed by atoms with Crippen LogP contribution in [0.3, 0.4) is 0 Å². The van der Waals surface area contributed by atoms with Gasteiger partial charge in [-0.2, -0.15) is 0 Å². The molecule has 1 aliphatic rings. The normalized spacial score (nSPS) is 11.8. The molecule has 9 aromatic carbocycles. The van der Waals surface area contributed by atoms with Gasteiger partial charge in [0.2, 0.25) is 0 Å². The van der Waals surface area contributed by atoms with Crippen LogP contribution in [0.25, 0.3) is 55.7 Å². The van der Waals surface area contributed by atoms with E-state index in [2.05, 4.69) is 228 Å². The second kappa shape index (κ2) is 15.8. The summed E-state index contributed by atoms with van der Waals surface area (Å²) in [5.41, 5.74) is 12.9. The molecule has 0 aliphatic carbocycles. The fourth-order valence-electron chi connectivity index (χ4n) is 8.22. The number of fused-ring (bicyclic) bond motifs is 3. The van der Waals surface area contributed by atoms with Crippen LogP contribution in [-0.4, -0.2) is 9.97 Å². The maximum Gasteiger partial charge on any atom is 0.162 e. The summed E-state index contributed by atoms with van der Waals surface area (Å²) in [6, 6.07) is 81.6. The van der Waals surface area contributed by atoms with E-state index >= 15 is 0 Å². The first-order chi connectivity index (χ1) is 30.2. The Bertz CT molecular complexity index is 3170. The van der Waals surface area contributed by atoms with Gasteiger partial charge >= 0.3 is 0 Å². The summed E-state index contributed by atoms with van der Waals surface area (Å²) in [6.07, 6.45) is 0. The molecule has 61 heavy (non-hydrogen) atoms. The van der Waals surface area contributed by atoms with E-state index in [1.54, 1.807) is 0 Å². The molecular formula is C56H38N4S. The molecule has 5 heteroatoms. The third-order valence-electron chi connectivity index (χ3n) is 11.2. The van der Waals surface area contributed by atoms with E-state index in [1.165, 1.54) is 32.1 Å². The van der Waals surface area contributed by atoms with Crippen molar-refractivity contribution >= 4 is 56.8 Å². The fraction of sp³-hybridized carbons (Fsp3) is 0. The number of nitrogens with zero attached hydrogens (tertiary/aromatic N) is 4. The minimum Gasteiger partial charge on any atom is -0.308 e. The molecule has 0 spiro atoms. The van der Waals surface area contributed by atoms with Crippen molar-refractivity contribution in [2.24, 2.45) is 0 Å². The minimum absolute atomic E-state index is 0.660. The SMILES string of the molecule is c1ccc(-c2ccc(-c3nc(-c4ccccc4)cc(N(c4cccc(-c5ccc6c(c5)Sc5ccccc5N6c5ccccc5)c4)c4ccc5ccccc5c4)n3)cc2)cc1. The van der Waals surface area contributed by atoms with E-state index in [0.29, 0.717) is 5.82 Å². The largest absolute Gasteiger partial charge is 0.308 e. The van der Waals surface area contributed by atoms with Crippen molar-refractivity contribution in [2.45, 2.75) is 9.79 Å². The van der Waals surface area contributed by atoms with E-state index in [-0.39, 0.29) is 0 Å². The number of anilines is 6. The van der Waals surface area contributed by atoms with Crippen LogP contribution in [0.1, 0.15) is 0 Å². The monoisotopic (exact) mass is 798 g/mol. The van der Waals surface area contributed by atoms with Crippen molar-refractivity contribution in [1.82, 2.24) is 9.97 Å². The summed E-state index contributed by atoms with van der Waals surface area (Å²) in [7, 11) is 0. The summed E-state index contributed by atoms with van der Waals surface area (Å²) >= 11 is 1.82. The molecule has 288 valence electrons. The molecule has 0 unspecified atom stereocenters. The molecule has 0 radical (unpaired) electrons. The molecule has 1 aliphatic heterocycles. The zero-order valence-corrected chi connectivity index (χ0v) is 34.0. The molecule has 0 amide bonds. The summed E-state index contributed by atoms with van der Waals surface area (Å²) in [5, 5.41) is 2.34. The molecule has 0 bridgehead atoms. The molecule has 10 aromatic rings. The van der Waals surface area contributed by atoms with Gasteiger partial charge in [-0.15, -0.1) is 0 Å². The zero-order chi connectivity index (χ0) is 40.5. The predicted molar refractivity (Wildman–Crippen MR) is 255 cm³/mol. The Morgan fingerprint density at radius 1 is 0.361 bits per heavy atom. The van der Waals surface area contributed by atoms with Gasteiger partial charge in [0.25, 0.3) is 0 Å². The average molecular weight is 799 g/mol. The highest BCUT2D eigenvalue weighted by atomic mass is 32.2. The van der Waals surface area contributed by atoms with Crippen molar-refractivity contribution < 1.29 is 0 Å². The molecule has 2 heterocycles. The lowest BCUT2D eigenvalue weighted by molar-refractivity contribution is 1.12. The number of hydrogen-bond acceptors (Lipinski definition) is 5. The number of aromatic nitrogens is 2. The second-order valence-electron chi connectivity index (χ2n) is 15.1. The topological polar surface area (TPSA) is 32.3 Å². The van der Waals surface area contributed by atoms with Crippen molar-refractivity contribution in [1.29, 1.82) is 0 Å². The van der Waals surface area contributed by atoms with Crippen LogP contribution in [0.5, 0.6) is 0 Å². The Labute approximate surface area is 360 Å². The summed E-state index contributed by atoms with van der Waals surface area (Å²) < 4.78 is 0. The van der Waals surface area contributed by atoms with Gasteiger partial charge < -0.3 is 4.90 Å². The summed E-state index contributed by atoms with van der Waals surface area (Å²) in [5.74, 6) is 1.44. The molecule has 0 fully saturated rings. The molecule has 0 saturated carbocycles. The van der Waals surface area contributed by atoms with Gasteiger partial charge in [-0.05, 0) is 93.7 Å². The highest BCUT2D eigenvalue weighted by Crippen LogP contribution is 2.52. The van der Waals surface area contributed by atoms with E-state index in [9.17, 15) is 0 Å². The fourth-order valence-corrected chi connectivity index (χ4v) is 9.32. The van der Waals surface area contributed by atoms with Gasteiger partial charge in [0, 0.05) is 44.0 Å². The third kappa shape index (κ3) is 7.11. The summed E-state index contributed by atoms with van der Waals surface area (Å²) in [6.45, 7) is 0. The van der Waals surface area contributed by atoms with Gasteiger partial charge in [-0.25, -0.2) is 9.97 Å². The van der Waals surface area contributed by atoms with Crippen molar-refractivity contribution in [3.63, 3.8) is 0 Å². The van der Waals surface area contributed by atoms with Crippen molar-refractivity contribution in [3.8, 4) is 44.9 Å². The molecule has 4 nitrogen and oxygen atoms in total. The highest BCUT2D eigenvalue weighted by Gasteiger charge is 2.25. The molecule has 11 rings (SSSR count). The first-order valence-corrected chi connectivity index (χ1v) is 21.3. The van der Waals surface area contributed by atoms with Crippen LogP contribution in [0, 0.1) is 0 Å². The van der Waals surface area contributed by atoms with E-state index in [4.69, 9.17) is 9.97 Å². The Morgan fingerprint density at radius 2 is 0.951 bits per heavy atom. The van der Waals surface area contributed by atoms with Crippen LogP contribution in [-0.2, 0) is 0 Å². The summed E-state index contributed by atoms with van der Waals surface area (Å²) in [4.78, 5) is 17.7. The molecule has 1 aromatic heterocycles. The molecule has 0 N–H and O–H groups in total. The van der Waals surface area contributed by atoms with Gasteiger partial charge in [0.15, 0.2) is 5.82 Å². The third-order valence-corrected chi connectivity index (χ3v) is 12.3. The number of benzene rings is 9. The van der Waals surface area contributed by atoms with Gasteiger partial charge in [0.05, 0.1) is 17.1 Å². The molecular weight excluding hydrogens is 761 g/mol. The molecule has 0 atom stereocenters. The zero-order valence-electron chi connectivity index (χ0n) is 33.1. The highest BCUT2D eigenvalue weighted by molar-refractivity contribution is 7.99. The van der Waals surface area contributed by atoms with Gasteiger partial charge in [-0.3, -0.25) is 4.90 Å². The Morgan fingerprint density at radius 3 is 1.75 bits per heavy atom. The number of para-hydroxylation sites is 2. The minimum atomic E-state index is 0.660. The van der Waals surface area contributed by atoms with Crippen LogP contribution in [0.2, 0.25) is 0 Å². The first kappa shape index (κ1) is 36.4. The second-order valence-corrected chi connectivity index (χ2v) is 16.2.